The van der Waals surface area contributed by atoms with Crippen LogP contribution in [0.1, 0.15) is 36.9 Å². The second kappa shape index (κ2) is 6.31. The molecule has 1 fully saturated rings. The molecule has 0 aromatic carbocycles. The van der Waals surface area contributed by atoms with Crippen LogP contribution >= 0.6 is 11.3 Å². The van der Waals surface area contributed by atoms with Crippen LogP contribution in [0.3, 0.4) is 0 Å². The lowest BCUT2D eigenvalue weighted by atomic mass is 9.84. The molecule has 0 bridgehead atoms. The van der Waals surface area contributed by atoms with Gasteiger partial charge < -0.3 is 10.5 Å². The maximum Gasteiger partial charge on any atom is 0.0897 e. The van der Waals surface area contributed by atoms with Crippen LogP contribution in [-0.4, -0.2) is 41.7 Å². The van der Waals surface area contributed by atoms with E-state index in [2.05, 4.69) is 36.2 Å². The maximum atomic E-state index is 6.10. The van der Waals surface area contributed by atoms with Gasteiger partial charge in [-0.3, -0.25) is 4.90 Å². The van der Waals surface area contributed by atoms with E-state index in [-0.39, 0.29) is 5.54 Å². The molecule has 0 radical (unpaired) electrons. The summed E-state index contributed by atoms with van der Waals surface area (Å²) in [7, 11) is 2.17. The Bertz CT molecular complexity index is 409. The highest BCUT2D eigenvalue weighted by molar-refractivity contribution is 7.09. The van der Waals surface area contributed by atoms with Gasteiger partial charge in [0, 0.05) is 30.6 Å². The van der Waals surface area contributed by atoms with Gasteiger partial charge in [0.1, 0.15) is 0 Å². The van der Waals surface area contributed by atoms with E-state index in [9.17, 15) is 0 Å². The Morgan fingerprint density at radius 2 is 2.42 bits per heavy atom. The first-order valence-electron chi connectivity index (χ1n) is 7.03. The molecule has 0 spiro atoms. The molecule has 2 heterocycles. The second-order valence-electron chi connectivity index (χ2n) is 5.50. The molecule has 2 rings (SSSR count). The van der Waals surface area contributed by atoms with Crippen molar-refractivity contribution in [3.05, 3.63) is 16.1 Å². The van der Waals surface area contributed by atoms with Crippen LogP contribution in [0.5, 0.6) is 0 Å². The molecule has 5 heteroatoms. The molecule has 1 aromatic heterocycles. The van der Waals surface area contributed by atoms with E-state index >= 15 is 0 Å². The third-order valence-electron chi connectivity index (χ3n) is 4.24. The zero-order chi connectivity index (χ0) is 13.9. The van der Waals surface area contributed by atoms with E-state index in [1.807, 2.05) is 0 Å². The number of thiazole rings is 1. The van der Waals surface area contributed by atoms with Crippen LogP contribution in [0.4, 0.5) is 0 Å². The number of rotatable bonds is 5. The monoisotopic (exact) mass is 283 g/mol. The lowest BCUT2D eigenvalue weighted by molar-refractivity contribution is -0.0674. The van der Waals surface area contributed by atoms with Gasteiger partial charge in [0.05, 0.1) is 16.8 Å². The number of ether oxygens (including phenoxy) is 1. The number of aryl methyl sites for hydroxylation is 1. The molecule has 19 heavy (non-hydrogen) atoms. The molecule has 0 saturated carbocycles. The first-order valence-corrected chi connectivity index (χ1v) is 7.91. The first-order chi connectivity index (χ1) is 9.09. The van der Waals surface area contributed by atoms with Crippen molar-refractivity contribution in [1.82, 2.24) is 9.88 Å². The Labute approximate surface area is 120 Å². The van der Waals surface area contributed by atoms with Gasteiger partial charge in [0.15, 0.2) is 0 Å². The highest BCUT2D eigenvalue weighted by Crippen LogP contribution is 2.31. The summed E-state index contributed by atoms with van der Waals surface area (Å²) >= 11 is 1.71. The van der Waals surface area contributed by atoms with Crippen LogP contribution in [0.25, 0.3) is 0 Å². The highest BCUT2D eigenvalue weighted by atomic mass is 32.1. The Hall–Kier alpha value is -0.490. The van der Waals surface area contributed by atoms with E-state index < -0.39 is 0 Å². The van der Waals surface area contributed by atoms with Crippen molar-refractivity contribution in [2.75, 3.05) is 20.2 Å². The van der Waals surface area contributed by atoms with E-state index in [0.717, 1.165) is 43.1 Å². The third-order valence-corrected chi connectivity index (χ3v) is 5.06. The van der Waals surface area contributed by atoms with Gasteiger partial charge in [-0.2, -0.15) is 0 Å². The number of likely N-dealkylation sites (N-methyl/N-ethyl adjacent to an activating group) is 1. The Morgan fingerprint density at radius 1 is 1.63 bits per heavy atom. The molecule has 1 aromatic rings. The van der Waals surface area contributed by atoms with Crippen molar-refractivity contribution in [2.45, 2.75) is 51.3 Å². The zero-order valence-electron chi connectivity index (χ0n) is 12.2. The van der Waals surface area contributed by atoms with Crippen molar-refractivity contribution < 1.29 is 4.74 Å². The molecule has 2 unspecified atom stereocenters. The van der Waals surface area contributed by atoms with Crippen molar-refractivity contribution in [3.8, 4) is 0 Å². The summed E-state index contributed by atoms with van der Waals surface area (Å²) in [5.74, 6) is 0. The quantitative estimate of drug-likeness (QED) is 0.900. The molecule has 1 aliphatic heterocycles. The van der Waals surface area contributed by atoms with E-state index in [1.54, 1.807) is 11.3 Å². The molecule has 0 amide bonds. The van der Waals surface area contributed by atoms with Gasteiger partial charge in [-0.05, 0) is 33.2 Å². The number of nitrogens with two attached hydrogens (primary N) is 1. The first kappa shape index (κ1) is 14.9. The fourth-order valence-corrected chi connectivity index (χ4v) is 3.45. The summed E-state index contributed by atoms with van der Waals surface area (Å²) in [5.41, 5.74) is 7.32. The maximum absolute atomic E-state index is 6.10. The lowest BCUT2D eigenvalue weighted by Gasteiger charge is -2.46. The van der Waals surface area contributed by atoms with E-state index in [0.29, 0.717) is 12.6 Å². The number of hydrogen-bond donors (Lipinski definition) is 1. The molecule has 108 valence electrons. The minimum absolute atomic E-state index is 0.0659. The average Bonchev–Trinajstić information content (AvgIpc) is 2.84. The SMILES string of the molecule is CCC1CC(CN)(N(C)Cc2csc(C)n2)CCO1. The number of aromatic nitrogens is 1. The standard InChI is InChI=1S/C14H25N3OS/c1-4-13-7-14(10-15,5-6-18-13)17(3)8-12-9-19-11(2)16-12/h9,13H,4-8,10,15H2,1-3H3. The number of nitrogens with zero attached hydrogens (tertiary/aromatic N) is 2. The Kier molecular flexibility index (Phi) is 4.95. The predicted molar refractivity (Wildman–Crippen MR) is 79.4 cm³/mol. The molecular formula is C14H25N3OS. The summed E-state index contributed by atoms with van der Waals surface area (Å²) in [5, 5.41) is 3.27. The largest absolute Gasteiger partial charge is 0.378 e. The van der Waals surface area contributed by atoms with Gasteiger partial charge in [-0.1, -0.05) is 6.92 Å². The number of hydrogen-bond acceptors (Lipinski definition) is 5. The van der Waals surface area contributed by atoms with Crippen molar-refractivity contribution in [2.24, 2.45) is 5.73 Å². The van der Waals surface area contributed by atoms with Crippen LogP contribution in [-0.2, 0) is 11.3 Å². The minimum Gasteiger partial charge on any atom is -0.378 e. The summed E-state index contributed by atoms with van der Waals surface area (Å²) in [4.78, 5) is 6.94. The highest BCUT2D eigenvalue weighted by Gasteiger charge is 2.38. The predicted octanol–water partition coefficient (Wildman–Crippen LogP) is 2.17. The Balaban J connectivity index is 2.07. The lowest BCUT2D eigenvalue weighted by Crippen LogP contribution is -2.56. The Morgan fingerprint density at radius 3 is 3.00 bits per heavy atom. The summed E-state index contributed by atoms with van der Waals surface area (Å²) in [6.45, 7) is 6.61. The molecule has 2 atom stereocenters. The van der Waals surface area contributed by atoms with Gasteiger partial charge >= 0.3 is 0 Å². The van der Waals surface area contributed by atoms with Gasteiger partial charge in [-0.25, -0.2) is 4.98 Å². The van der Waals surface area contributed by atoms with Crippen LogP contribution in [0.2, 0.25) is 0 Å². The molecule has 2 N–H and O–H groups in total. The molecule has 1 aliphatic rings. The second-order valence-corrected chi connectivity index (χ2v) is 6.56. The summed E-state index contributed by atoms with van der Waals surface area (Å²) < 4.78 is 5.79. The zero-order valence-corrected chi connectivity index (χ0v) is 13.0. The minimum atomic E-state index is 0.0659. The van der Waals surface area contributed by atoms with Crippen molar-refractivity contribution in [3.63, 3.8) is 0 Å². The summed E-state index contributed by atoms with van der Waals surface area (Å²) in [6, 6.07) is 0. The summed E-state index contributed by atoms with van der Waals surface area (Å²) in [6.07, 6.45) is 3.45. The molecular weight excluding hydrogens is 258 g/mol. The molecule has 1 saturated heterocycles. The average molecular weight is 283 g/mol. The topological polar surface area (TPSA) is 51.4 Å². The smallest absolute Gasteiger partial charge is 0.0897 e. The van der Waals surface area contributed by atoms with Gasteiger partial charge in [-0.15, -0.1) is 11.3 Å². The van der Waals surface area contributed by atoms with Crippen LogP contribution in [0, 0.1) is 6.92 Å². The fourth-order valence-electron chi connectivity index (χ4n) is 2.84. The van der Waals surface area contributed by atoms with Crippen LogP contribution < -0.4 is 5.73 Å². The van der Waals surface area contributed by atoms with E-state index in [1.165, 1.54) is 0 Å². The van der Waals surface area contributed by atoms with Gasteiger partial charge in [0.25, 0.3) is 0 Å². The van der Waals surface area contributed by atoms with E-state index in [4.69, 9.17) is 10.5 Å². The van der Waals surface area contributed by atoms with Gasteiger partial charge in [0.2, 0.25) is 0 Å². The van der Waals surface area contributed by atoms with Crippen molar-refractivity contribution >= 4 is 11.3 Å². The van der Waals surface area contributed by atoms with Crippen LogP contribution in [0.15, 0.2) is 5.38 Å². The third kappa shape index (κ3) is 3.34. The molecule has 0 aliphatic carbocycles. The molecule has 4 nitrogen and oxygen atoms in total. The normalized spacial score (nSPS) is 27.9. The fraction of sp³-hybridized carbons (Fsp3) is 0.786. The van der Waals surface area contributed by atoms with Crippen molar-refractivity contribution in [1.29, 1.82) is 0 Å².